The number of aromatic hydroxyl groups is 1. The molecular formula is C32H39Cl2N7O12S. The van der Waals surface area contributed by atoms with Crippen LogP contribution in [0, 0.1) is 10.1 Å². The number of β-lactam (4-membered cyclic amide) rings is 1. The van der Waals surface area contributed by atoms with Crippen LogP contribution in [0.5, 0.6) is 5.75 Å². The van der Waals surface area contributed by atoms with E-state index < -0.39 is 98.3 Å². The Kier molecular flexibility index (Phi) is 15.0. The summed E-state index contributed by atoms with van der Waals surface area (Å²) in [4.78, 5) is 82.9. The van der Waals surface area contributed by atoms with Gasteiger partial charge in [0.15, 0.2) is 4.84 Å². The second-order valence-electron chi connectivity index (χ2n) is 12.5. The number of aliphatic carboxylic acids is 1. The fraction of sp³-hybridized carbons (Fsp3) is 0.438. The molecule has 0 saturated carbocycles. The minimum Gasteiger partial charge on any atom is -0.508 e. The fourth-order valence-corrected chi connectivity index (χ4v) is 7.24. The number of hydrogen-bond acceptors (Lipinski definition) is 13. The highest BCUT2D eigenvalue weighted by Crippen LogP contribution is 2.50. The molecular weight excluding hydrogens is 777 g/mol. The number of thioether (sulfide) groups is 1. The number of aliphatic hydroxyl groups is 2. The van der Waals surface area contributed by atoms with Gasteiger partial charge in [-0.3, -0.25) is 34.1 Å². The van der Waals surface area contributed by atoms with Crippen molar-refractivity contribution in [2.75, 3.05) is 13.7 Å². The standard InChI is InChI=1S/C21H27N5O7S.C11H12Cl2N2O5/c1-21(2)15(20(32)33)26-18(31)14(19(26)34-21)25-17(30)13(9-4-6-10(27)7-5-9)24-16(29)11(22)8-12(28)23-3;12-10(13)11(18)14-8(5-16)9(17)6-1-3-7(4-2-6)15(19)20/h4-7,11,13-15,19,27H,8,22H2,1-3H3,(H,23,28)(H,24,29)(H,25,30)(H,32,33);1-4,8-10,16-17H,5H2,(H,14,18)/t11-,13-,14-,15+,19-;8-,9-/m11/s1. The molecule has 4 rings (SSSR count). The third-order valence-electron chi connectivity index (χ3n) is 8.32. The SMILES string of the molecule is CNC(=O)C[C@@H](N)C(=O)N[C@@H](C(=O)N[C@@H]1C(=O)N2[C@@H]1SC(C)(C)[C@@H]2C(=O)O)c1ccc(O)cc1.O=C(N[C@H](CO)[C@H](O)c1ccc([N+](=O)[O-])cc1)C(Cl)Cl. The molecule has 0 aromatic heterocycles. The molecule has 2 heterocycles. The number of benzene rings is 2. The number of hydrogen-bond donors (Lipinski definition) is 9. The van der Waals surface area contributed by atoms with Gasteiger partial charge < -0.3 is 52.3 Å². The molecule has 0 radical (unpaired) electrons. The lowest BCUT2D eigenvalue weighted by Crippen LogP contribution is -2.71. The number of rotatable bonds is 14. The van der Waals surface area contributed by atoms with Crippen LogP contribution in [0.3, 0.4) is 0 Å². The topological polar surface area (TPSA) is 304 Å². The predicted octanol–water partition coefficient (Wildman–Crippen LogP) is -0.446. The molecule has 0 spiro atoms. The number of fused-ring (bicyclic) bond motifs is 1. The number of phenols is 1. The van der Waals surface area contributed by atoms with E-state index in [0.717, 1.165) is 0 Å². The molecule has 2 saturated heterocycles. The van der Waals surface area contributed by atoms with E-state index in [1.807, 2.05) is 0 Å². The molecule has 5 amide bonds. The summed E-state index contributed by atoms with van der Waals surface area (Å²) < 4.78 is -0.761. The molecule has 2 fully saturated rings. The van der Waals surface area contributed by atoms with Gasteiger partial charge in [0.25, 0.3) is 11.6 Å². The summed E-state index contributed by atoms with van der Waals surface area (Å²) >= 11 is 12.0. The van der Waals surface area contributed by atoms with E-state index in [4.69, 9.17) is 34.0 Å². The van der Waals surface area contributed by atoms with E-state index in [0.29, 0.717) is 11.1 Å². The highest BCUT2D eigenvalue weighted by Gasteiger charge is 2.64. The monoisotopic (exact) mass is 815 g/mol. The normalized spacial score (nSPS) is 20.4. The number of halogens is 2. The molecule has 2 aliphatic rings. The highest BCUT2D eigenvalue weighted by molar-refractivity contribution is 8.01. The number of amides is 5. The number of nitrogens with one attached hydrogen (secondary N) is 4. The number of carbonyl (C=O) groups excluding carboxylic acids is 5. The van der Waals surface area contributed by atoms with Crippen LogP contribution in [0.4, 0.5) is 5.69 Å². The summed E-state index contributed by atoms with van der Waals surface area (Å²) in [5.74, 6) is -4.41. The van der Waals surface area contributed by atoms with Crippen LogP contribution in [0.2, 0.25) is 0 Å². The summed E-state index contributed by atoms with van der Waals surface area (Å²) in [6, 6.07) is 5.05. The number of aliphatic hydroxyl groups excluding tert-OH is 2. The molecule has 0 aliphatic carbocycles. The molecule has 19 nitrogen and oxygen atoms in total. The molecule has 0 bridgehead atoms. The second-order valence-corrected chi connectivity index (χ2v) is 15.4. The lowest BCUT2D eigenvalue weighted by atomic mass is 9.95. The zero-order chi connectivity index (χ0) is 40.7. The summed E-state index contributed by atoms with van der Waals surface area (Å²) in [5, 5.41) is 57.9. The van der Waals surface area contributed by atoms with Crippen LogP contribution in [-0.2, 0) is 28.8 Å². The first-order valence-corrected chi connectivity index (χ1v) is 17.7. The number of nitrogens with two attached hydrogens (primary N) is 1. The van der Waals surface area contributed by atoms with Gasteiger partial charge in [-0.2, -0.15) is 0 Å². The number of non-ortho nitro benzene ring substituents is 1. The average molecular weight is 817 g/mol. The first kappa shape index (κ1) is 43.7. The molecule has 2 aromatic rings. The quantitative estimate of drug-likeness (QED) is 0.0506. The third kappa shape index (κ3) is 10.5. The largest absolute Gasteiger partial charge is 0.508 e. The summed E-state index contributed by atoms with van der Waals surface area (Å²) in [6.07, 6.45) is -1.55. The first-order valence-electron chi connectivity index (χ1n) is 15.9. The van der Waals surface area contributed by atoms with Gasteiger partial charge in [0.2, 0.25) is 23.6 Å². The smallest absolute Gasteiger partial charge is 0.327 e. The number of nitrogens with zero attached hydrogens (tertiary/aromatic N) is 2. The van der Waals surface area contributed by atoms with Crippen LogP contribution < -0.4 is 27.0 Å². The van der Waals surface area contributed by atoms with Crippen LogP contribution >= 0.6 is 35.0 Å². The van der Waals surface area contributed by atoms with Crippen molar-refractivity contribution in [3.8, 4) is 5.75 Å². The Morgan fingerprint density at radius 1 is 1.00 bits per heavy atom. The Hall–Kier alpha value is -4.73. The maximum absolute atomic E-state index is 13.2. The molecule has 2 aromatic carbocycles. The van der Waals surface area contributed by atoms with Crippen molar-refractivity contribution >= 4 is 76.2 Å². The lowest BCUT2D eigenvalue weighted by Gasteiger charge is -2.44. The molecule has 2 aliphatic heterocycles. The number of carboxylic acid groups (broad SMARTS) is 1. The van der Waals surface area contributed by atoms with Crippen LogP contribution in [0.1, 0.15) is 43.5 Å². The Morgan fingerprint density at radius 2 is 1.57 bits per heavy atom. The van der Waals surface area contributed by atoms with Crippen LogP contribution in [0.25, 0.3) is 0 Å². The minimum atomic E-state index is -1.33. The fourth-order valence-electron chi connectivity index (χ4n) is 5.49. The summed E-state index contributed by atoms with van der Waals surface area (Å²) in [5.41, 5.74) is 6.26. The zero-order valence-electron chi connectivity index (χ0n) is 28.8. The lowest BCUT2D eigenvalue weighted by molar-refractivity contribution is -0.384. The number of alkyl halides is 2. The van der Waals surface area contributed by atoms with E-state index in [2.05, 4.69) is 21.3 Å². The maximum atomic E-state index is 13.2. The molecule has 294 valence electrons. The van der Waals surface area contributed by atoms with E-state index in [9.17, 15) is 54.2 Å². The summed E-state index contributed by atoms with van der Waals surface area (Å²) in [7, 11) is 1.40. The first-order chi connectivity index (χ1) is 25.2. The Morgan fingerprint density at radius 3 is 2.07 bits per heavy atom. The van der Waals surface area contributed by atoms with Crippen LogP contribution in [0.15, 0.2) is 48.5 Å². The Labute approximate surface area is 322 Å². The van der Waals surface area contributed by atoms with Gasteiger partial charge in [0, 0.05) is 23.9 Å². The van der Waals surface area contributed by atoms with E-state index in [1.165, 1.54) is 72.2 Å². The molecule has 54 heavy (non-hydrogen) atoms. The van der Waals surface area contributed by atoms with Crippen molar-refractivity contribution in [2.24, 2.45) is 5.73 Å². The van der Waals surface area contributed by atoms with Crippen LogP contribution in [-0.4, -0.2) is 119 Å². The van der Waals surface area contributed by atoms with Gasteiger partial charge in [-0.1, -0.05) is 35.3 Å². The van der Waals surface area contributed by atoms with Gasteiger partial charge in [0.1, 0.15) is 35.4 Å². The van der Waals surface area contributed by atoms with Gasteiger partial charge >= 0.3 is 5.97 Å². The molecule has 10 N–H and O–H groups in total. The van der Waals surface area contributed by atoms with Crippen molar-refractivity contribution in [1.82, 2.24) is 26.2 Å². The predicted molar refractivity (Wildman–Crippen MR) is 194 cm³/mol. The molecule has 7 atom stereocenters. The van der Waals surface area contributed by atoms with E-state index >= 15 is 0 Å². The highest BCUT2D eigenvalue weighted by atomic mass is 35.5. The Bertz CT molecular complexity index is 1740. The molecule has 0 unspecified atom stereocenters. The van der Waals surface area contributed by atoms with Crippen molar-refractivity contribution in [1.29, 1.82) is 0 Å². The average Bonchev–Trinajstić information content (AvgIpc) is 3.39. The van der Waals surface area contributed by atoms with Gasteiger partial charge in [-0.25, -0.2) is 4.79 Å². The number of nitro benzene ring substituents is 1. The van der Waals surface area contributed by atoms with Crippen molar-refractivity contribution in [3.63, 3.8) is 0 Å². The number of nitro groups is 1. The van der Waals surface area contributed by atoms with Crippen molar-refractivity contribution in [3.05, 3.63) is 69.8 Å². The van der Waals surface area contributed by atoms with E-state index in [-0.39, 0.29) is 17.9 Å². The van der Waals surface area contributed by atoms with Crippen molar-refractivity contribution < 1.29 is 54.1 Å². The zero-order valence-corrected chi connectivity index (χ0v) is 31.2. The van der Waals surface area contributed by atoms with Gasteiger partial charge in [-0.15, -0.1) is 11.8 Å². The second kappa shape index (κ2) is 18.5. The summed E-state index contributed by atoms with van der Waals surface area (Å²) in [6.45, 7) is 2.88. The van der Waals surface area contributed by atoms with Gasteiger partial charge in [0.05, 0.1) is 30.0 Å². The Balaban J connectivity index is 0.000000334. The van der Waals surface area contributed by atoms with Gasteiger partial charge in [-0.05, 0) is 49.2 Å². The van der Waals surface area contributed by atoms with Crippen molar-refractivity contribution in [2.45, 2.75) is 71.5 Å². The number of phenolic OH excluding ortho intramolecular Hbond substituents is 1. The molecule has 22 heteroatoms. The minimum absolute atomic E-state index is 0.0559. The number of carboxylic acids is 1. The third-order valence-corrected chi connectivity index (χ3v) is 10.3. The number of carbonyl (C=O) groups is 6. The van der Waals surface area contributed by atoms with E-state index in [1.54, 1.807) is 13.8 Å². The maximum Gasteiger partial charge on any atom is 0.327 e.